The second-order valence-electron chi connectivity index (χ2n) is 4.86. The van der Waals surface area contributed by atoms with Crippen LogP contribution in [0.1, 0.15) is 12.0 Å². The van der Waals surface area contributed by atoms with Crippen LogP contribution >= 0.6 is 11.6 Å². The van der Waals surface area contributed by atoms with E-state index in [0.717, 1.165) is 0 Å². The summed E-state index contributed by atoms with van der Waals surface area (Å²) >= 11 is 5.65. The Hall–Kier alpha value is -1.81. The predicted octanol–water partition coefficient (Wildman–Crippen LogP) is 4.62. The molecule has 0 saturated heterocycles. The number of anilines is 2. The van der Waals surface area contributed by atoms with Gasteiger partial charge in [0.15, 0.2) is 0 Å². The van der Waals surface area contributed by atoms with Gasteiger partial charge in [-0.25, -0.2) is 8.78 Å². The first-order valence-corrected chi connectivity index (χ1v) is 7.27. The van der Waals surface area contributed by atoms with E-state index in [2.05, 4.69) is 0 Å². The second kappa shape index (κ2) is 5.90. The summed E-state index contributed by atoms with van der Waals surface area (Å²) in [5.41, 5.74) is 1.04. The van der Waals surface area contributed by atoms with E-state index in [1.165, 1.54) is 12.1 Å². The van der Waals surface area contributed by atoms with Crippen molar-refractivity contribution in [3.8, 4) is 5.75 Å². The minimum absolute atomic E-state index is 0.0539. The van der Waals surface area contributed by atoms with Crippen LogP contribution in [0.5, 0.6) is 5.75 Å². The van der Waals surface area contributed by atoms with Gasteiger partial charge < -0.3 is 9.64 Å². The highest BCUT2D eigenvalue weighted by atomic mass is 35.5. The highest BCUT2D eigenvalue weighted by Crippen LogP contribution is 2.38. The molecule has 0 N–H and O–H groups in total. The Balaban J connectivity index is 2.12. The maximum absolute atomic E-state index is 14.3. The summed E-state index contributed by atoms with van der Waals surface area (Å²) in [5, 5.41) is 0. The third kappa shape index (κ3) is 2.68. The number of nitrogens with zero attached hydrogens (tertiary/aromatic N) is 1. The third-order valence-corrected chi connectivity index (χ3v) is 3.75. The molecule has 1 aliphatic heterocycles. The minimum Gasteiger partial charge on any atom is -0.491 e. The van der Waals surface area contributed by atoms with Gasteiger partial charge in [-0.05, 0) is 36.2 Å². The Morgan fingerprint density at radius 2 is 1.86 bits per heavy atom. The first kappa shape index (κ1) is 14.1. The zero-order valence-electron chi connectivity index (χ0n) is 11.3. The molecule has 0 aromatic heterocycles. The van der Waals surface area contributed by atoms with Gasteiger partial charge in [0.05, 0.1) is 12.3 Å². The van der Waals surface area contributed by atoms with Gasteiger partial charge >= 0.3 is 0 Å². The molecule has 0 spiro atoms. The molecule has 2 aromatic rings. The fourth-order valence-electron chi connectivity index (χ4n) is 2.51. The Bertz CT molecular complexity index is 639. The van der Waals surface area contributed by atoms with Crippen molar-refractivity contribution in [1.29, 1.82) is 0 Å². The summed E-state index contributed by atoms with van der Waals surface area (Å²) in [6.07, 6.45) is 0.685. The zero-order chi connectivity index (χ0) is 14.8. The number of benzene rings is 2. The van der Waals surface area contributed by atoms with Crippen molar-refractivity contribution in [3.63, 3.8) is 0 Å². The van der Waals surface area contributed by atoms with Crippen LogP contribution in [0.4, 0.5) is 20.2 Å². The van der Waals surface area contributed by atoms with Gasteiger partial charge in [-0.3, -0.25) is 0 Å². The lowest BCUT2D eigenvalue weighted by Crippen LogP contribution is -2.20. The van der Waals surface area contributed by atoms with Gasteiger partial charge in [0.25, 0.3) is 0 Å². The van der Waals surface area contributed by atoms with E-state index in [4.69, 9.17) is 16.3 Å². The molecule has 0 amide bonds. The van der Waals surface area contributed by atoms with Crippen LogP contribution in [0, 0.1) is 11.6 Å². The van der Waals surface area contributed by atoms with Crippen molar-refractivity contribution in [2.75, 3.05) is 18.1 Å². The molecule has 21 heavy (non-hydrogen) atoms. The molecule has 0 radical (unpaired) electrons. The van der Waals surface area contributed by atoms with Crippen LogP contribution in [-0.2, 0) is 5.88 Å². The third-order valence-electron chi connectivity index (χ3n) is 3.44. The average Bonchev–Trinajstić information content (AvgIpc) is 2.69. The molecule has 5 heteroatoms. The largest absolute Gasteiger partial charge is 0.491 e. The number of alkyl halides is 1. The number of rotatable bonds is 2. The minimum atomic E-state index is -0.609. The average molecular weight is 310 g/mol. The van der Waals surface area contributed by atoms with Crippen LogP contribution in [0.2, 0.25) is 0 Å². The zero-order valence-corrected chi connectivity index (χ0v) is 12.0. The van der Waals surface area contributed by atoms with Crippen LogP contribution < -0.4 is 9.64 Å². The maximum atomic E-state index is 14.3. The number of halogens is 3. The van der Waals surface area contributed by atoms with Gasteiger partial charge in [0, 0.05) is 12.4 Å². The van der Waals surface area contributed by atoms with Crippen molar-refractivity contribution in [1.82, 2.24) is 0 Å². The van der Waals surface area contributed by atoms with E-state index in [1.807, 2.05) is 12.1 Å². The van der Waals surface area contributed by atoms with Gasteiger partial charge in [0.1, 0.15) is 23.1 Å². The van der Waals surface area contributed by atoms with Crippen molar-refractivity contribution >= 4 is 23.0 Å². The number of hydrogen-bond acceptors (Lipinski definition) is 2. The Morgan fingerprint density at radius 1 is 1.14 bits per heavy atom. The lowest BCUT2D eigenvalue weighted by atomic mass is 10.1. The molecular weight excluding hydrogens is 296 g/mol. The SMILES string of the molecule is Fc1cc(CCl)cc(F)c1N1CCCOc2ccccc21. The highest BCUT2D eigenvalue weighted by molar-refractivity contribution is 6.17. The topological polar surface area (TPSA) is 12.5 Å². The molecule has 0 atom stereocenters. The van der Waals surface area contributed by atoms with Crippen LogP contribution in [0.25, 0.3) is 0 Å². The maximum Gasteiger partial charge on any atom is 0.150 e. The Labute approximate surface area is 126 Å². The first-order chi connectivity index (χ1) is 10.2. The molecule has 0 aliphatic carbocycles. The molecule has 1 heterocycles. The first-order valence-electron chi connectivity index (χ1n) is 6.74. The van der Waals surface area contributed by atoms with Crippen molar-refractivity contribution in [2.45, 2.75) is 12.3 Å². The number of hydrogen-bond donors (Lipinski definition) is 0. The second-order valence-corrected chi connectivity index (χ2v) is 5.13. The number of ether oxygens (including phenoxy) is 1. The fourth-order valence-corrected chi connectivity index (χ4v) is 2.67. The summed E-state index contributed by atoms with van der Waals surface area (Å²) in [7, 11) is 0. The summed E-state index contributed by atoms with van der Waals surface area (Å²) in [6.45, 7) is 1.02. The Morgan fingerprint density at radius 3 is 2.57 bits per heavy atom. The molecular formula is C16H14ClF2NO. The highest BCUT2D eigenvalue weighted by Gasteiger charge is 2.23. The molecule has 2 nitrogen and oxygen atoms in total. The van der Waals surface area contributed by atoms with E-state index >= 15 is 0 Å². The molecule has 0 unspecified atom stereocenters. The van der Waals surface area contributed by atoms with Gasteiger partial charge in [0.2, 0.25) is 0 Å². The lowest BCUT2D eigenvalue weighted by Gasteiger charge is -2.25. The van der Waals surface area contributed by atoms with Crippen molar-refractivity contribution in [2.24, 2.45) is 0 Å². The normalized spacial score (nSPS) is 14.3. The smallest absolute Gasteiger partial charge is 0.150 e. The standard InChI is InChI=1S/C16H14ClF2NO/c17-10-11-8-12(18)16(13(19)9-11)20-6-3-7-21-15-5-2-1-4-14(15)20/h1-2,4-5,8-9H,3,6-7,10H2. The van der Waals surface area contributed by atoms with E-state index in [-0.39, 0.29) is 11.6 Å². The lowest BCUT2D eigenvalue weighted by molar-refractivity contribution is 0.322. The number of para-hydroxylation sites is 2. The summed E-state index contributed by atoms with van der Waals surface area (Å²) in [6, 6.07) is 9.82. The predicted molar refractivity (Wildman–Crippen MR) is 79.5 cm³/mol. The van der Waals surface area contributed by atoms with E-state index in [0.29, 0.717) is 36.6 Å². The van der Waals surface area contributed by atoms with E-state index < -0.39 is 11.6 Å². The summed E-state index contributed by atoms with van der Waals surface area (Å²) in [5.74, 6) is -0.506. The Kier molecular flexibility index (Phi) is 3.97. The molecule has 110 valence electrons. The van der Waals surface area contributed by atoms with E-state index in [9.17, 15) is 8.78 Å². The van der Waals surface area contributed by atoms with Crippen molar-refractivity contribution < 1.29 is 13.5 Å². The van der Waals surface area contributed by atoms with Crippen LogP contribution in [0.15, 0.2) is 36.4 Å². The summed E-state index contributed by atoms with van der Waals surface area (Å²) < 4.78 is 34.3. The monoisotopic (exact) mass is 309 g/mol. The van der Waals surface area contributed by atoms with Crippen molar-refractivity contribution in [3.05, 3.63) is 53.6 Å². The van der Waals surface area contributed by atoms with Gasteiger partial charge in [-0.15, -0.1) is 11.6 Å². The fraction of sp³-hybridized carbons (Fsp3) is 0.250. The van der Waals surface area contributed by atoms with Gasteiger partial charge in [-0.2, -0.15) is 0 Å². The molecule has 0 bridgehead atoms. The molecule has 3 rings (SSSR count). The summed E-state index contributed by atoms with van der Waals surface area (Å²) in [4.78, 5) is 1.63. The van der Waals surface area contributed by atoms with Gasteiger partial charge in [-0.1, -0.05) is 12.1 Å². The molecule has 0 saturated carbocycles. The molecule has 1 aliphatic rings. The van der Waals surface area contributed by atoms with Crippen LogP contribution in [-0.4, -0.2) is 13.2 Å². The molecule has 2 aromatic carbocycles. The quantitative estimate of drug-likeness (QED) is 0.750. The molecule has 0 fully saturated rings. The number of fused-ring (bicyclic) bond motifs is 1. The van der Waals surface area contributed by atoms with E-state index in [1.54, 1.807) is 17.0 Å². The van der Waals surface area contributed by atoms with Crippen LogP contribution in [0.3, 0.4) is 0 Å².